The summed E-state index contributed by atoms with van der Waals surface area (Å²) in [5.74, 6) is -1.14. The number of carbonyl (C=O) groups is 2. The van der Waals surface area contributed by atoms with E-state index in [9.17, 15) is 14.7 Å². The summed E-state index contributed by atoms with van der Waals surface area (Å²) in [6.45, 7) is 5.17. The van der Waals surface area contributed by atoms with Gasteiger partial charge >= 0.3 is 12.1 Å². The van der Waals surface area contributed by atoms with Gasteiger partial charge in [0.2, 0.25) is 0 Å². The van der Waals surface area contributed by atoms with Crippen LogP contribution in [0.4, 0.5) is 4.79 Å². The van der Waals surface area contributed by atoms with E-state index in [4.69, 9.17) is 4.74 Å². The van der Waals surface area contributed by atoms with Gasteiger partial charge in [-0.15, -0.1) is 0 Å². The molecule has 3 N–H and O–H groups in total. The summed E-state index contributed by atoms with van der Waals surface area (Å²) < 4.78 is 5.03. The van der Waals surface area contributed by atoms with E-state index in [-0.39, 0.29) is 5.70 Å². The predicted octanol–water partition coefficient (Wildman–Crippen LogP) is 1.61. The zero-order valence-corrected chi connectivity index (χ0v) is 12.2. The standard InChI is InChI=1S/C13H21N3O4/c1-13(2,3)20-12(19)16-15-10(11(17)18)8-6-5-7-9(8)14-4/h15H,5-7H2,1-4H3,(H,16,19)(H,17,18). The molecule has 7 heteroatoms. The van der Waals surface area contributed by atoms with Gasteiger partial charge in [0.15, 0.2) is 0 Å². The average molecular weight is 283 g/mol. The minimum atomic E-state index is -1.14. The number of nitrogens with zero attached hydrogens (tertiary/aromatic N) is 1. The number of hydrogen-bond acceptors (Lipinski definition) is 5. The summed E-state index contributed by atoms with van der Waals surface area (Å²) >= 11 is 0. The fourth-order valence-electron chi connectivity index (χ4n) is 1.92. The van der Waals surface area contributed by atoms with Crippen molar-refractivity contribution < 1.29 is 19.4 Å². The lowest BCUT2D eigenvalue weighted by atomic mass is 10.1. The Labute approximate surface area is 118 Å². The summed E-state index contributed by atoms with van der Waals surface area (Å²) in [5, 5.41) is 9.22. The highest BCUT2D eigenvalue weighted by Crippen LogP contribution is 2.24. The molecular formula is C13H21N3O4. The molecule has 0 bridgehead atoms. The van der Waals surface area contributed by atoms with Gasteiger partial charge < -0.3 is 9.84 Å². The van der Waals surface area contributed by atoms with E-state index in [1.54, 1.807) is 27.8 Å². The quantitative estimate of drug-likeness (QED) is 0.539. The molecule has 112 valence electrons. The molecule has 1 amide bonds. The van der Waals surface area contributed by atoms with Crippen molar-refractivity contribution in [2.24, 2.45) is 4.99 Å². The van der Waals surface area contributed by atoms with Crippen LogP contribution in [-0.2, 0) is 9.53 Å². The Morgan fingerprint density at radius 3 is 2.40 bits per heavy atom. The topological polar surface area (TPSA) is 100 Å². The summed E-state index contributed by atoms with van der Waals surface area (Å²) in [4.78, 5) is 26.9. The minimum Gasteiger partial charge on any atom is -0.477 e. The third kappa shape index (κ3) is 4.56. The SMILES string of the molecule is CN=C1CCCC1=C(NNC(=O)OC(C)(C)C)C(=O)O. The number of hydrazine groups is 1. The third-order valence-electron chi connectivity index (χ3n) is 2.66. The van der Waals surface area contributed by atoms with Crippen LogP contribution in [0.5, 0.6) is 0 Å². The maximum atomic E-state index is 11.5. The Kier molecular flexibility index (Phi) is 5.12. The second kappa shape index (κ2) is 6.40. The van der Waals surface area contributed by atoms with Crippen molar-refractivity contribution in [2.75, 3.05) is 7.05 Å². The lowest BCUT2D eigenvalue weighted by molar-refractivity contribution is -0.133. The predicted molar refractivity (Wildman–Crippen MR) is 74.4 cm³/mol. The minimum absolute atomic E-state index is 0.0611. The molecule has 0 aliphatic heterocycles. The Bertz CT molecular complexity index is 461. The molecule has 20 heavy (non-hydrogen) atoms. The van der Waals surface area contributed by atoms with Crippen LogP contribution in [0.3, 0.4) is 0 Å². The fraction of sp³-hybridized carbons (Fsp3) is 0.615. The Hall–Kier alpha value is -2.05. The van der Waals surface area contributed by atoms with Gasteiger partial charge in [0.25, 0.3) is 0 Å². The maximum absolute atomic E-state index is 11.5. The molecule has 0 aromatic heterocycles. The Balaban J connectivity index is 2.78. The molecule has 0 aromatic carbocycles. The number of ether oxygens (including phenoxy) is 1. The van der Waals surface area contributed by atoms with Crippen molar-refractivity contribution in [3.63, 3.8) is 0 Å². The van der Waals surface area contributed by atoms with Crippen molar-refractivity contribution >= 4 is 17.8 Å². The van der Waals surface area contributed by atoms with Crippen molar-refractivity contribution in [3.8, 4) is 0 Å². The van der Waals surface area contributed by atoms with Crippen LogP contribution in [0, 0.1) is 0 Å². The first-order valence-electron chi connectivity index (χ1n) is 6.42. The average Bonchev–Trinajstić information content (AvgIpc) is 2.74. The number of aliphatic imine (C=N–C) groups is 1. The van der Waals surface area contributed by atoms with Crippen LogP contribution in [0.1, 0.15) is 40.0 Å². The molecule has 1 aliphatic carbocycles. The monoisotopic (exact) mass is 283 g/mol. The molecule has 0 atom stereocenters. The van der Waals surface area contributed by atoms with Gasteiger partial charge in [0.05, 0.1) is 0 Å². The highest BCUT2D eigenvalue weighted by atomic mass is 16.6. The van der Waals surface area contributed by atoms with E-state index in [1.807, 2.05) is 0 Å². The number of carbonyl (C=O) groups excluding carboxylic acids is 1. The Morgan fingerprint density at radius 2 is 1.90 bits per heavy atom. The first kappa shape index (κ1) is 16.0. The van der Waals surface area contributed by atoms with E-state index < -0.39 is 17.7 Å². The van der Waals surface area contributed by atoms with E-state index >= 15 is 0 Å². The van der Waals surface area contributed by atoms with Gasteiger partial charge in [-0.3, -0.25) is 10.4 Å². The van der Waals surface area contributed by atoms with E-state index in [2.05, 4.69) is 15.8 Å². The van der Waals surface area contributed by atoms with Gasteiger partial charge in [-0.25, -0.2) is 15.0 Å². The molecule has 0 radical (unpaired) electrons. The van der Waals surface area contributed by atoms with Gasteiger partial charge in [-0.05, 0) is 40.0 Å². The summed E-state index contributed by atoms with van der Waals surface area (Å²) in [6.07, 6.45) is 1.49. The number of aliphatic carboxylic acids is 1. The van der Waals surface area contributed by atoms with E-state index in [0.29, 0.717) is 12.0 Å². The van der Waals surface area contributed by atoms with Crippen molar-refractivity contribution in [3.05, 3.63) is 11.3 Å². The van der Waals surface area contributed by atoms with Crippen LogP contribution >= 0.6 is 0 Å². The molecule has 7 nitrogen and oxygen atoms in total. The van der Waals surface area contributed by atoms with Gasteiger partial charge in [0, 0.05) is 18.3 Å². The fourth-order valence-corrected chi connectivity index (χ4v) is 1.92. The number of amides is 1. The first-order valence-corrected chi connectivity index (χ1v) is 6.42. The van der Waals surface area contributed by atoms with Crippen LogP contribution < -0.4 is 10.9 Å². The molecular weight excluding hydrogens is 262 g/mol. The van der Waals surface area contributed by atoms with Crippen molar-refractivity contribution in [1.29, 1.82) is 0 Å². The second-order valence-corrected chi connectivity index (χ2v) is 5.43. The van der Waals surface area contributed by atoms with E-state index in [1.165, 1.54) is 0 Å². The van der Waals surface area contributed by atoms with Crippen LogP contribution in [0.25, 0.3) is 0 Å². The van der Waals surface area contributed by atoms with Gasteiger partial charge in [-0.1, -0.05) is 0 Å². The molecule has 0 aromatic rings. The van der Waals surface area contributed by atoms with Crippen LogP contribution in [0.15, 0.2) is 16.3 Å². The third-order valence-corrected chi connectivity index (χ3v) is 2.66. The molecule has 0 saturated heterocycles. The second-order valence-electron chi connectivity index (χ2n) is 5.43. The van der Waals surface area contributed by atoms with Crippen molar-refractivity contribution in [2.45, 2.75) is 45.6 Å². The lowest BCUT2D eigenvalue weighted by Crippen LogP contribution is -2.42. The lowest BCUT2D eigenvalue weighted by Gasteiger charge is -2.20. The molecule has 1 saturated carbocycles. The molecule has 1 aliphatic rings. The number of nitrogens with one attached hydrogen (secondary N) is 2. The van der Waals surface area contributed by atoms with Crippen LogP contribution in [-0.4, -0.2) is 35.5 Å². The maximum Gasteiger partial charge on any atom is 0.426 e. The normalized spacial score (nSPS) is 19.7. The summed E-state index contributed by atoms with van der Waals surface area (Å²) in [6, 6.07) is 0. The van der Waals surface area contributed by atoms with Gasteiger partial charge in [-0.2, -0.15) is 0 Å². The van der Waals surface area contributed by atoms with Crippen molar-refractivity contribution in [1.82, 2.24) is 10.9 Å². The smallest absolute Gasteiger partial charge is 0.426 e. The van der Waals surface area contributed by atoms with Gasteiger partial charge in [0.1, 0.15) is 11.3 Å². The molecule has 1 rings (SSSR count). The Morgan fingerprint density at radius 1 is 1.25 bits per heavy atom. The number of rotatable bonds is 3. The number of hydrogen-bond donors (Lipinski definition) is 3. The molecule has 0 heterocycles. The largest absolute Gasteiger partial charge is 0.477 e. The highest BCUT2D eigenvalue weighted by Gasteiger charge is 2.24. The zero-order valence-electron chi connectivity index (χ0n) is 12.2. The first-order chi connectivity index (χ1) is 9.24. The molecule has 0 unspecified atom stereocenters. The highest BCUT2D eigenvalue weighted by molar-refractivity contribution is 6.07. The van der Waals surface area contributed by atoms with E-state index in [0.717, 1.165) is 18.6 Å². The number of carboxylic acids is 1. The molecule has 1 fully saturated rings. The number of allylic oxidation sites excluding steroid dienone is 1. The summed E-state index contributed by atoms with van der Waals surface area (Å²) in [7, 11) is 1.63. The van der Waals surface area contributed by atoms with Crippen LogP contribution in [0.2, 0.25) is 0 Å². The zero-order chi connectivity index (χ0) is 15.3. The number of carboxylic acid groups (broad SMARTS) is 1. The molecule has 0 spiro atoms. The summed E-state index contributed by atoms with van der Waals surface area (Å²) in [5.41, 5.74) is 5.32.